The van der Waals surface area contributed by atoms with E-state index in [0.29, 0.717) is 11.3 Å². The molecule has 1 heterocycles. The maximum absolute atomic E-state index is 6.50. The number of fused-ring (bicyclic) bond motifs is 1. The molecule has 1 aliphatic carbocycles. The summed E-state index contributed by atoms with van der Waals surface area (Å²) in [5.41, 5.74) is 4.74. The Morgan fingerprint density at radius 1 is 0.952 bits per heavy atom. The van der Waals surface area contributed by atoms with Crippen molar-refractivity contribution < 1.29 is 0 Å². The number of piperidine rings is 1. The van der Waals surface area contributed by atoms with Gasteiger partial charge in [-0.15, -0.1) is 0 Å². The molecule has 1 spiro atoms. The monoisotopic (exact) mass is 297 g/mol. The van der Waals surface area contributed by atoms with E-state index >= 15 is 0 Å². The highest BCUT2D eigenvalue weighted by molar-refractivity contribution is 6.31. The van der Waals surface area contributed by atoms with E-state index in [9.17, 15) is 0 Å². The smallest absolute Gasteiger partial charge is 0.0441 e. The van der Waals surface area contributed by atoms with Gasteiger partial charge in [0.25, 0.3) is 0 Å². The summed E-state index contributed by atoms with van der Waals surface area (Å²) in [5, 5.41) is 4.50. The SMILES string of the molecule is Clc1ccccc1C1CNCCC12Cc1ccccc1C2. The number of benzene rings is 2. The Balaban J connectivity index is 1.75. The van der Waals surface area contributed by atoms with Gasteiger partial charge in [0.05, 0.1) is 0 Å². The first-order chi connectivity index (χ1) is 10.3. The highest BCUT2D eigenvalue weighted by Gasteiger charge is 2.45. The Kier molecular flexibility index (Phi) is 3.28. The fourth-order valence-corrected chi connectivity index (χ4v) is 4.59. The summed E-state index contributed by atoms with van der Waals surface area (Å²) in [7, 11) is 0. The molecule has 2 heteroatoms. The van der Waals surface area contributed by atoms with Crippen molar-refractivity contribution in [2.24, 2.45) is 5.41 Å². The second-order valence-corrected chi connectivity index (χ2v) is 6.92. The van der Waals surface area contributed by atoms with E-state index in [1.54, 1.807) is 0 Å². The van der Waals surface area contributed by atoms with Crippen molar-refractivity contribution in [3.05, 3.63) is 70.2 Å². The van der Waals surface area contributed by atoms with Crippen molar-refractivity contribution in [2.75, 3.05) is 13.1 Å². The maximum Gasteiger partial charge on any atom is 0.0441 e. The number of halogens is 1. The van der Waals surface area contributed by atoms with Gasteiger partial charge in [-0.1, -0.05) is 54.1 Å². The lowest BCUT2D eigenvalue weighted by atomic mass is 9.66. The fourth-order valence-electron chi connectivity index (χ4n) is 4.32. The van der Waals surface area contributed by atoms with Crippen molar-refractivity contribution in [3.63, 3.8) is 0 Å². The van der Waals surface area contributed by atoms with Crippen LogP contribution < -0.4 is 5.32 Å². The van der Waals surface area contributed by atoms with E-state index in [-0.39, 0.29) is 0 Å². The second-order valence-electron chi connectivity index (χ2n) is 6.51. The van der Waals surface area contributed by atoms with Gasteiger partial charge in [-0.25, -0.2) is 0 Å². The molecule has 1 saturated heterocycles. The van der Waals surface area contributed by atoms with Crippen LogP contribution in [-0.4, -0.2) is 13.1 Å². The Bertz CT molecular complexity index is 639. The first-order valence-corrected chi connectivity index (χ1v) is 8.18. The first-order valence-electron chi connectivity index (χ1n) is 7.80. The van der Waals surface area contributed by atoms with E-state index < -0.39 is 0 Å². The van der Waals surface area contributed by atoms with Gasteiger partial charge < -0.3 is 5.32 Å². The van der Waals surface area contributed by atoms with Gasteiger partial charge in [0, 0.05) is 17.5 Å². The van der Waals surface area contributed by atoms with Crippen molar-refractivity contribution in [3.8, 4) is 0 Å². The minimum Gasteiger partial charge on any atom is -0.316 e. The van der Waals surface area contributed by atoms with Gasteiger partial charge in [-0.05, 0) is 54.0 Å². The first kappa shape index (κ1) is 13.4. The van der Waals surface area contributed by atoms with Crippen molar-refractivity contribution >= 4 is 11.6 Å². The van der Waals surface area contributed by atoms with Crippen molar-refractivity contribution in [1.82, 2.24) is 5.32 Å². The molecule has 2 aromatic rings. The predicted octanol–water partition coefficient (Wildman–Crippen LogP) is 4.20. The third kappa shape index (κ3) is 2.20. The lowest BCUT2D eigenvalue weighted by molar-refractivity contribution is 0.175. The molecule has 1 fully saturated rings. The van der Waals surface area contributed by atoms with Crippen LogP contribution in [0.5, 0.6) is 0 Å². The zero-order valence-corrected chi connectivity index (χ0v) is 12.9. The Morgan fingerprint density at radius 3 is 2.33 bits per heavy atom. The van der Waals surface area contributed by atoms with Gasteiger partial charge in [0.15, 0.2) is 0 Å². The molecule has 0 amide bonds. The van der Waals surface area contributed by atoms with Gasteiger partial charge in [-0.3, -0.25) is 0 Å². The second kappa shape index (κ2) is 5.15. The molecule has 1 nitrogen and oxygen atoms in total. The predicted molar refractivity (Wildman–Crippen MR) is 88.0 cm³/mol. The number of hydrogen-bond donors (Lipinski definition) is 1. The minimum absolute atomic E-state index is 0.347. The highest BCUT2D eigenvalue weighted by atomic mass is 35.5. The summed E-state index contributed by atoms with van der Waals surface area (Å²) in [6.07, 6.45) is 3.62. The van der Waals surface area contributed by atoms with Gasteiger partial charge >= 0.3 is 0 Å². The van der Waals surface area contributed by atoms with Crippen LogP contribution in [0.25, 0.3) is 0 Å². The molecule has 0 radical (unpaired) electrons. The largest absolute Gasteiger partial charge is 0.316 e. The molecule has 1 aliphatic heterocycles. The summed E-state index contributed by atoms with van der Waals surface area (Å²) in [5.74, 6) is 0.507. The topological polar surface area (TPSA) is 12.0 Å². The van der Waals surface area contributed by atoms with Crippen LogP contribution in [0, 0.1) is 5.41 Å². The van der Waals surface area contributed by atoms with Crippen LogP contribution in [0.1, 0.15) is 29.0 Å². The van der Waals surface area contributed by atoms with E-state index in [2.05, 4.69) is 41.7 Å². The average Bonchev–Trinajstić information content (AvgIpc) is 2.87. The van der Waals surface area contributed by atoms with Gasteiger partial charge in [0.1, 0.15) is 0 Å². The van der Waals surface area contributed by atoms with Gasteiger partial charge in [0.2, 0.25) is 0 Å². The van der Waals surface area contributed by atoms with E-state index in [4.69, 9.17) is 11.6 Å². The zero-order chi connectivity index (χ0) is 14.3. The van der Waals surface area contributed by atoms with Crippen molar-refractivity contribution in [2.45, 2.75) is 25.2 Å². The van der Waals surface area contributed by atoms with E-state index in [1.165, 1.54) is 36.0 Å². The van der Waals surface area contributed by atoms with Crippen molar-refractivity contribution in [1.29, 1.82) is 0 Å². The molecule has 2 aromatic carbocycles. The lowest BCUT2D eigenvalue weighted by Gasteiger charge is -2.42. The number of rotatable bonds is 1. The number of nitrogens with one attached hydrogen (secondary N) is 1. The molecule has 21 heavy (non-hydrogen) atoms. The Hall–Kier alpha value is -1.31. The molecular formula is C19H20ClN. The van der Waals surface area contributed by atoms with Crippen LogP contribution in [0.15, 0.2) is 48.5 Å². The Morgan fingerprint density at radius 2 is 1.62 bits per heavy atom. The Labute approximate surface area is 131 Å². The van der Waals surface area contributed by atoms with Crippen LogP contribution in [-0.2, 0) is 12.8 Å². The minimum atomic E-state index is 0.347. The molecule has 1 unspecified atom stereocenters. The van der Waals surface area contributed by atoms with Crippen LogP contribution in [0.2, 0.25) is 5.02 Å². The molecule has 0 saturated carbocycles. The molecule has 2 aliphatic rings. The number of hydrogen-bond acceptors (Lipinski definition) is 1. The summed E-state index contributed by atoms with van der Waals surface area (Å²) >= 11 is 6.50. The van der Waals surface area contributed by atoms with E-state index in [1.807, 2.05) is 12.1 Å². The standard InChI is InChI=1S/C19H20ClN/c20-18-8-4-3-7-16(18)17-13-21-10-9-19(17)11-14-5-1-2-6-15(14)12-19/h1-8,17,21H,9-13H2. The quantitative estimate of drug-likeness (QED) is 0.832. The summed E-state index contributed by atoms with van der Waals surface area (Å²) in [6, 6.07) is 17.3. The highest BCUT2D eigenvalue weighted by Crippen LogP contribution is 2.51. The molecule has 0 aromatic heterocycles. The summed E-state index contributed by atoms with van der Waals surface area (Å²) in [4.78, 5) is 0. The molecule has 4 rings (SSSR count). The van der Waals surface area contributed by atoms with Gasteiger partial charge in [-0.2, -0.15) is 0 Å². The summed E-state index contributed by atoms with van der Waals surface area (Å²) in [6.45, 7) is 2.16. The normalized spacial score (nSPS) is 23.2. The molecule has 1 N–H and O–H groups in total. The van der Waals surface area contributed by atoms with E-state index in [0.717, 1.165) is 18.1 Å². The van der Waals surface area contributed by atoms with Crippen LogP contribution in [0.3, 0.4) is 0 Å². The molecule has 0 bridgehead atoms. The fraction of sp³-hybridized carbons (Fsp3) is 0.368. The zero-order valence-electron chi connectivity index (χ0n) is 12.1. The molecular weight excluding hydrogens is 278 g/mol. The third-order valence-corrected chi connectivity index (χ3v) is 5.72. The molecule has 1 atom stereocenters. The summed E-state index contributed by atoms with van der Waals surface area (Å²) < 4.78 is 0. The lowest BCUT2D eigenvalue weighted by Crippen LogP contribution is -2.44. The third-order valence-electron chi connectivity index (χ3n) is 5.37. The maximum atomic E-state index is 6.50. The van der Waals surface area contributed by atoms with Crippen LogP contribution >= 0.6 is 11.6 Å². The van der Waals surface area contributed by atoms with Crippen LogP contribution in [0.4, 0.5) is 0 Å². The molecule has 108 valence electrons. The average molecular weight is 298 g/mol.